The molecule has 2 aromatic heterocycles. The number of aromatic nitrogens is 6. The molecule has 152 valence electrons. The summed E-state index contributed by atoms with van der Waals surface area (Å²) in [5, 5.41) is 15.6. The molecule has 2 aromatic carbocycles. The Balaban J connectivity index is 1.21. The van der Waals surface area contributed by atoms with Gasteiger partial charge in [-0.15, -0.1) is 5.10 Å². The van der Waals surface area contributed by atoms with Crippen molar-refractivity contribution in [1.29, 1.82) is 0 Å². The molecule has 1 aliphatic rings. The molecule has 1 fully saturated rings. The third-order valence-corrected chi connectivity index (χ3v) is 6.28. The fourth-order valence-electron chi connectivity index (χ4n) is 3.86. The number of thioether (sulfide) groups is 1. The molecule has 0 bridgehead atoms. The third kappa shape index (κ3) is 3.80. The lowest BCUT2D eigenvalue weighted by Gasteiger charge is -2.11. The van der Waals surface area contributed by atoms with E-state index in [1.165, 1.54) is 24.6 Å². The summed E-state index contributed by atoms with van der Waals surface area (Å²) in [4.78, 5) is 16.8. The highest BCUT2D eigenvalue weighted by Gasteiger charge is 2.22. The van der Waals surface area contributed by atoms with Crippen LogP contribution in [-0.2, 0) is 4.79 Å². The average molecular weight is 420 g/mol. The van der Waals surface area contributed by atoms with Gasteiger partial charge >= 0.3 is 0 Å². The van der Waals surface area contributed by atoms with Gasteiger partial charge in [0.2, 0.25) is 11.1 Å². The van der Waals surface area contributed by atoms with Gasteiger partial charge in [0.05, 0.1) is 22.8 Å². The number of tetrazole rings is 1. The molecule has 5 rings (SSSR count). The minimum absolute atomic E-state index is 0.0817. The maximum absolute atomic E-state index is 12.4. The topological polar surface area (TPSA) is 90.5 Å². The Kier molecular flexibility index (Phi) is 5.18. The van der Waals surface area contributed by atoms with Crippen molar-refractivity contribution in [1.82, 2.24) is 29.8 Å². The van der Waals surface area contributed by atoms with Crippen LogP contribution in [0, 0.1) is 0 Å². The Morgan fingerprint density at radius 3 is 2.73 bits per heavy atom. The number of nitrogens with one attached hydrogen (secondary N) is 1. The van der Waals surface area contributed by atoms with E-state index in [1.807, 2.05) is 64.1 Å². The van der Waals surface area contributed by atoms with Crippen LogP contribution in [0.4, 0.5) is 5.69 Å². The van der Waals surface area contributed by atoms with Gasteiger partial charge in [0, 0.05) is 11.4 Å². The van der Waals surface area contributed by atoms with Crippen molar-refractivity contribution in [3.05, 3.63) is 54.9 Å². The van der Waals surface area contributed by atoms with E-state index in [4.69, 9.17) is 0 Å². The Bertz CT molecular complexity index is 1160. The lowest BCUT2D eigenvalue weighted by molar-refractivity contribution is -0.113. The van der Waals surface area contributed by atoms with E-state index in [-0.39, 0.29) is 11.7 Å². The van der Waals surface area contributed by atoms with Crippen molar-refractivity contribution < 1.29 is 4.79 Å². The van der Waals surface area contributed by atoms with Gasteiger partial charge in [0.15, 0.2) is 0 Å². The smallest absolute Gasteiger partial charge is 0.234 e. The first-order valence-corrected chi connectivity index (χ1v) is 11.0. The number of benzene rings is 2. The molecule has 8 nitrogen and oxygen atoms in total. The van der Waals surface area contributed by atoms with Crippen molar-refractivity contribution in [3.63, 3.8) is 0 Å². The number of fused-ring (bicyclic) bond motifs is 1. The second kappa shape index (κ2) is 8.27. The highest BCUT2D eigenvalue weighted by molar-refractivity contribution is 7.99. The van der Waals surface area contributed by atoms with E-state index in [1.54, 1.807) is 0 Å². The van der Waals surface area contributed by atoms with Crippen LogP contribution in [-0.4, -0.2) is 41.4 Å². The summed E-state index contributed by atoms with van der Waals surface area (Å²) in [5.41, 5.74) is 3.74. The third-order valence-electron chi connectivity index (χ3n) is 5.35. The van der Waals surface area contributed by atoms with E-state index in [0.29, 0.717) is 11.2 Å². The van der Waals surface area contributed by atoms with Crippen molar-refractivity contribution in [2.24, 2.45) is 0 Å². The number of carbonyl (C=O) groups excluding carboxylic acids is 1. The van der Waals surface area contributed by atoms with Crippen molar-refractivity contribution in [2.75, 3.05) is 11.1 Å². The Morgan fingerprint density at radius 2 is 1.90 bits per heavy atom. The summed E-state index contributed by atoms with van der Waals surface area (Å²) in [6, 6.07) is 16.1. The molecule has 1 amide bonds. The standard InChI is InChI=1S/C21H21N7OS/c29-20(13-30-21-24-25-26-28(21)17-5-1-2-6-17)23-15-9-11-16(12-10-15)27-14-22-18-7-3-4-8-19(18)27/h3-4,7-12,14,17H,1-2,5-6,13H2,(H,23,29). The molecule has 0 radical (unpaired) electrons. The monoisotopic (exact) mass is 419 g/mol. The lowest BCUT2D eigenvalue weighted by atomic mass is 10.2. The van der Waals surface area contributed by atoms with Gasteiger partial charge in [-0.25, -0.2) is 9.67 Å². The zero-order valence-electron chi connectivity index (χ0n) is 16.3. The van der Waals surface area contributed by atoms with Crippen LogP contribution in [0.25, 0.3) is 16.7 Å². The summed E-state index contributed by atoms with van der Waals surface area (Å²) in [6.07, 6.45) is 6.43. The predicted molar refractivity (Wildman–Crippen MR) is 116 cm³/mol. The number of amides is 1. The number of rotatable bonds is 6. The largest absolute Gasteiger partial charge is 0.325 e. The van der Waals surface area contributed by atoms with Crippen molar-refractivity contribution in [2.45, 2.75) is 36.9 Å². The molecular weight excluding hydrogens is 398 g/mol. The second-order valence-electron chi connectivity index (χ2n) is 7.33. The van der Waals surface area contributed by atoms with Gasteiger partial charge in [0.25, 0.3) is 0 Å². The normalized spacial score (nSPS) is 14.4. The Labute approximate surface area is 177 Å². The second-order valence-corrected chi connectivity index (χ2v) is 8.27. The molecule has 0 saturated heterocycles. The Hall–Kier alpha value is -3.20. The van der Waals surface area contributed by atoms with E-state index in [0.717, 1.165) is 35.2 Å². The molecule has 1 aliphatic carbocycles. The van der Waals surface area contributed by atoms with Crippen LogP contribution in [0.3, 0.4) is 0 Å². The number of para-hydroxylation sites is 2. The summed E-state index contributed by atoms with van der Waals surface area (Å²) >= 11 is 1.37. The molecule has 0 spiro atoms. The fraction of sp³-hybridized carbons (Fsp3) is 0.286. The first-order valence-electron chi connectivity index (χ1n) is 10.0. The van der Waals surface area contributed by atoms with Crippen LogP contribution < -0.4 is 5.32 Å². The molecule has 2 heterocycles. The lowest BCUT2D eigenvalue weighted by Crippen LogP contribution is -2.15. The summed E-state index contributed by atoms with van der Waals surface area (Å²) < 4.78 is 3.90. The van der Waals surface area contributed by atoms with Gasteiger partial charge in [-0.3, -0.25) is 9.36 Å². The average Bonchev–Trinajstić information content (AvgIpc) is 3.53. The quantitative estimate of drug-likeness (QED) is 0.477. The highest BCUT2D eigenvalue weighted by Crippen LogP contribution is 2.31. The molecular formula is C21H21N7OS. The molecule has 1 N–H and O–H groups in total. The number of imidazole rings is 1. The number of hydrogen-bond donors (Lipinski definition) is 1. The number of anilines is 1. The van der Waals surface area contributed by atoms with Crippen molar-refractivity contribution >= 4 is 34.4 Å². The first kappa shape index (κ1) is 18.8. The molecule has 1 saturated carbocycles. The first-order chi connectivity index (χ1) is 14.8. The SMILES string of the molecule is O=C(CSc1nnnn1C1CCCC1)Nc1ccc(-n2cnc3ccccc32)cc1. The van der Waals surface area contributed by atoms with Crippen LogP contribution in [0.15, 0.2) is 60.0 Å². The highest BCUT2D eigenvalue weighted by atomic mass is 32.2. The Morgan fingerprint density at radius 1 is 1.10 bits per heavy atom. The summed E-state index contributed by atoms with van der Waals surface area (Å²) in [5.74, 6) is 0.183. The van der Waals surface area contributed by atoms with Gasteiger partial charge in [-0.1, -0.05) is 36.7 Å². The molecule has 0 atom stereocenters. The predicted octanol–water partition coefficient (Wildman–Crippen LogP) is 3.86. The van der Waals surface area contributed by atoms with E-state index >= 15 is 0 Å². The van der Waals surface area contributed by atoms with Crippen LogP contribution in [0.1, 0.15) is 31.7 Å². The van der Waals surface area contributed by atoms with E-state index in [2.05, 4.69) is 25.8 Å². The molecule has 0 aliphatic heterocycles. The minimum atomic E-state index is -0.0817. The van der Waals surface area contributed by atoms with Gasteiger partial charge in [-0.2, -0.15) is 0 Å². The van der Waals surface area contributed by atoms with Crippen LogP contribution >= 0.6 is 11.8 Å². The molecule has 0 unspecified atom stereocenters. The molecule has 9 heteroatoms. The maximum atomic E-state index is 12.4. The maximum Gasteiger partial charge on any atom is 0.234 e. The zero-order valence-corrected chi connectivity index (χ0v) is 17.1. The fourth-order valence-corrected chi connectivity index (χ4v) is 4.60. The van der Waals surface area contributed by atoms with Crippen LogP contribution in [0.2, 0.25) is 0 Å². The van der Waals surface area contributed by atoms with Gasteiger partial charge in [-0.05, 0) is 59.7 Å². The van der Waals surface area contributed by atoms with E-state index in [9.17, 15) is 4.79 Å². The number of hydrogen-bond acceptors (Lipinski definition) is 6. The van der Waals surface area contributed by atoms with Crippen molar-refractivity contribution in [3.8, 4) is 5.69 Å². The van der Waals surface area contributed by atoms with E-state index < -0.39 is 0 Å². The summed E-state index contributed by atoms with van der Waals surface area (Å²) in [6.45, 7) is 0. The zero-order chi connectivity index (χ0) is 20.3. The van der Waals surface area contributed by atoms with Gasteiger partial charge in [0.1, 0.15) is 6.33 Å². The summed E-state index contributed by atoms with van der Waals surface area (Å²) in [7, 11) is 0. The molecule has 30 heavy (non-hydrogen) atoms. The molecule has 4 aromatic rings. The minimum Gasteiger partial charge on any atom is -0.325 e. The van der Waals surface area contributed by atoms with Gasteiger partial charge < -0.3 is 5.32 Å². The van der Waals surface area contributed by atoms with Crippen LogP contribution in [0.5, 0.6) is 0 Å². The number of nitrogens with zero attached hydrogens (tertiary/aromatic N) is 6. The number of carbonyl (C=O) groups is 1.